The van der Waals surface area contributed by atoms with Crippen LogP contribution in [-0.2, 0) is 4.79 Å². The fourth-order valence-electron chi connectivity index (χ4n) is 2.51. The molecule has 0 bridgehead atoms. The Hall–Kier alpha value is -2.10. The second-order valence-corrected chi connectivity index (χ2v) is 6.10. The van der Waals surface area contributed by atoms with Gasteiger partial charge in [0, 0.05) is 11.6 Å². The molecule has 23 heavy (non-hydrogen) atoms. The Balaban J connectivity index is 1.75. The van der Waals surface area contributed by atoms with Crippen molar-refractivity contribution in [3.8, 4) is 0 Å². The van der Waals surface area contributed by atoms with Gasteiger partial charge in [-0.15, -0.1) is 11.6 Å². The van der Waals surface area contributed by atoms with Crippen molar-refractivity contribution in [2.45, 2.75) is 5.38 Å². The van der Waals surface area contributed by atoms with Crippen LogP contribution < -0.4 is 4.90 Å². The lowest BCUT2D eigenvalue weighted by atomic mass is 10.1. The number of allylic oxidation sites excluding steroid dienone is 7. The van der Waals surface area contributed by atoms with Crippen LogP contribution in [0.2, 0.25) is 0 Å². The second-order valence-electron chi connectivity index (χ2n) is 5.16. The fraction of sp³-hybridized carbons (Fsp3) is 0.111. The number of carbonyl (C=O) groups is 2. The molecule has 5 heteroatoms. The number of anilines is 1. The van der Waals surface area contributed by atoms with Crippen LogP contribution >= 0.6 is 23.2 Å². The third-order valence-electron chi connectivity index (χ3n) is 3.58. The Bertz CT molecular complexity index is 790. The molecular formula is C18H13Cl2NO2. The Morgan fingerprint density at radius 1 is 1.13 bits per heavy atom. The number of nitrogens with zero attached hydrogens (tertiary/aromatic N) is 1. The third kappa shape index (κ3) is 3.31. The van der Waals surface area contributed by atoms with E-state index in [0.29, 0.717) is 22.8 Å². The van der Waals surface area contributed by atoms with Gasteiger partial charge in [-0.05, 0) is 29.9 Å². The van der Waals surface area contributed by atoms with Crippen molar-refractivity contribution in [2.24, 2.45) is 0 Å². The minimum atomic E-state index is -0.499. The summed E-state index contributed by atoms with van der Waals surface area (Å²) in [5, 5.41) is 0.298. The highest BCUT2D eigenvalue weighted by atomic mass is 35.5. The average Bonchev–Trinajstić information content (AvgIpc) is 2.67. The van der Waals surface area contributed by atoms with Crippen molar-refractivity contribution in [1.29, 1.82) is 0 Å². The van der Waals surface area contributed by atoms with Gasteiger partial charge in [-0.1, -0.05) is 48.0 Å². The smallest absolute Gasteiger partial charge is 0.299 e. The Kier molecular flexibility index (Phi) is 4.51. The monoisotopic (exact) mass is 345 g/mol. The van der Waals surface area contributed by atoms with Crippen LogP contribution in [0.3, 0.4) is 0 Å². The van der Waals surface area contributed by atoms with Crippen LogP contribution in [0.5, 0.6) is 0 Å². The Labute approximate surface area is 144 Å². The minimum absolute atomic E-state index is 0.284. The van der Waals surface area contributed by atoms with Crippen LogP contribution in [-0.4, -0.2) is 23.6 Å². The first-order chi connectivity index (χ1) is 11.1. The Morgan fingerprint density at radius 2 is 1.91 bits per heavy atom. The average molecular weight is 346 g/mol. The van der Waals surface area contributed by atoms with Crippen molar-refractivity contribution in [3.63, 3.8) is 0 Å². The molecule has 0 spiro atoms. The molecule has 3 nitrogen and oxygen atoms in total. The molecule has 1 amide bonds. The lowest BCUT2D eigenvalue weighted by molar-refractivity contribution is -0.114. The summed E-state index contributed by atoms with van der Waals surface area (Å²) in [5.74, 6) is -0.958. The highest BCUT2D eigenvalue weighted by molar-refractivity contribution is 6.52. The van der Waals surface area contributed by atoms with Crippen molar-refractivity contribution < 1.29 is 9.59 Å². The molecule has 1 unspecified atom stereocenters. The van der Waals surface area contributed by atoms with Gasteiger partial charge in [0.15, 0.2) is 0 Å². The van der Waals surface area contributed by atoms with E-state index in [1.54, 1.807) is 30.4 Å². The summed E-state index contributed by atoms with van der Waals surface area (Å²) in [6.45, 7) is 0.320. The summed E-state index contributed by atoms with van der Waals surface area (Å²) in [4.78, 5) is 25.5. The SMILES string of the molecule is O=C1C(=O)N(C/C=C/C2=CC(Cl)C=C(Cl)C=C2)c2ccccc21. The standard InChI is InChI=1S/C18H13Cl2NO2/c19-13-8-7-12(10-14(20)11-13)4-3-9-21-16-6-2-1-5-15(16)17(22)18(21)23/h1-8,10-11,14H,9H2/b4-3+. The van der Waals surface area contributed by atoms with Crippen LogP contribution in [0, 0.1) is 0 Å². The molecule has 1 heterocycles. The summed E-state index contributed by atoms with van der Waals surface area (Å²) in [6, 6.07) is 7.00. The van der Waals surface area contributed by atoms with Gasteiger partial charge in [-0.2, -0.15) is 0 Å². The van der Waals surface area contributed by atoms with Crippen LogP contribution in [0.1, 0.15) is 10.4 Å². The minimum Gasteiger partial charge on any atom is -0.301 e. The molecule has 116 valence electrons. The highest BCUT2D eigenvalue weighted by Crippen LogP contribution is 2.28. The number of carbonyl (C=O) groups excluding carboxylic acids is 2. The van der Waals surface area contributed by atoms with Crippen LogP contribution in [0.25, 0.3) is 0 Å². The zero-order valence-corrected chi connectivity index (χ0v) is 13.6. The fourth-order valence-corrected chi connectivity index (χ4v) is 3.05. The molecule has 1 aromatic carbocycles. The van der Waals surface area contributed by atoms with Gasteiger partial charge in [0.2, 0.25) is 0 Å². The van der Waals surface area contributed by atoms with Crippen molar-refractivity contribution in [1.82, 2.24) is 0 Å². The van der Waals surface area contributed by atoms with E-state index in [-0.39, 0.29) is 5.38 Å². The van der Waals surface area contributed by atoms with Gasteiger partial charge in [0.05, 0.1) is 16.6 Å². The zero-order valence-electron chi connectivity index (χ0n) is 12.1. The maximum absolute atomic E-state index is 12.1. The molecule has 0 fully saturated rings. The number of para-hydroxylation sites is 1. The molecule has 1 atom stereocenters. The predicted molar refractivity (Wildman–Crippen MR) is 93.1 cm³/mol. The first kappa shape index (κ1) is 15.8. The summed E-state index contributed by atoms with van der Waals surface area (Å²) in [7, 11) is 0. The molecule has 0 saturated carbocycles. The van der Waals surface area contributed by atoms with Crippen molar-refractivity contribution in [2.75, 3.05) is 11.4 Å². The van der Waals surface area contributed by atoms with E-state index < -0.39 is 11.7 Å². The van der Waals surface area contributed by atoms with E-state index in [2.05, 4.69) is 0 Å². The molecular weight excluding hydrogens is 333 g/mol. The first-order valence-corrected chi connectivity index (χ1v) is 7.91. The molecule has 0 aromatic heterocycles. The van der Waals surface area contributed by atoms with E-state index in [4.69, 9.17) is 23.2 Å². The second kappa shape index (κ2) is 6.57. The van der Waals surface area contributed by atoms with E-state index in [1.807, 2.05) is 30.4 Å². The maximum atomic E-state index is 12.1. The summed E-state index contributed by atoms with van der Waals surface area (Å²) < 4.78 is 0. The highest BCUT2D eigenvalue weighted by Gasteiger charge is 2.34. The third-order valence-corrected chi connectivity index (χ3v) is 4.09. The molecule has 0 saturated heterocycles. The summed E-state index contributed by atoms with van der Waals surface area (Å²) in [6.07, 6.45) is 10.9. The van der Waals surface area contributed by atoms with Crippen molar-refractivity contribution in [3.05, 3.63) is 76.9 Å². The molecule has 0 radical (unpaired) electrons. The number of hydrogen-bond donors (Lipinski definition) is 0. The number of amides is 1. The van der Waals surface area contributed by atoms with E-state index >= 15 is 0 Å². The molecule has 1 aliphatic carbocycles. The molecule has 1 aromatic rings. The topological polar surface area (TPSA) is 37.4 Å². The summed E-state index contributed by atoms with van der Waals surface area (Å²) >= 11 is 12.1. The largest absolute Gasteiger partial charge is 0.301 e. The van der Waals surface area contributed by atoms with Gasteiger partial charge in [-0.3, -0.25) is 9.59 Å². The molecule has 3 rings (SSSR count). The van der Waals surface area contributed by atoms with E-state index in [9.17, 15) is 9.59 Å². The lowest BCUT2D eigenvalue weighted by Gasteiger charge is -2.13. The number of ketones is 1. The van der Waals surface area contributed by atoms with Gasteiger partial charge in [-0.25, -0.2) is 0 Å². The zero-order chi connectivity index (χ0) is 16.4. The van der Waals surface area contributed by atoms with Crippen LogP contribution in [0.15, 0.2) is 71.3 Å². The number of benzene rings is 1. The van der Waals surface area contributed by atoms with Gasteiger partial charge in [0.1, 0.15) is 0 Å². The lowest BCUT2D eigenvalue weighted by Crippen LogP contribution is -2.29. The number of rotatable bonds is 3. The van der Waals surface area contributed by atoms with Crippen molar-refractivity contribution >= 4 is 40.6 Å². The molecule has 0 N–H and O–H groups in total. The van der Waals surface area contributed by atoms with Crippen LogP contribution in [0.4, 0.5) is 5.69 Å². The molecule has 1 aliphatic heterocycles. The number of Topliss-reactive ketones (excluding diaryl/α,β-unsaturated/α-hetero) is 1. The maximum Gasteiger partial charge on any atom is 0.299 e. The number of hydrogen-bond acceptors (Lipinski definition) is 2. The number of halogens is 2. The number of fused-ring (bicyclic) bond motifs is 1. The Morgan fingerprint density at radius 3 is 2.74 bits per heavy atom. The predicted octanol–water partition coefficient (Wildman–Crippen LogP) is 4.00. The number of alkyl halides is 1. The van der Waals surface area contributed by atoms with Gasteiger partial charge >= 0.3 is 0 Å². The van der Waals surface area contributed by atoms with E-state index in [0.717, 1.165) is 5.57 Å². The normalized spacial score (nSPS) is 20.6. The first-order valence-electron chi connectivity index (χ1n) is 7.09. The van der Waals surface area contributed by atoms with Gasteiger partial charge in [0.25, 0.3) is 11.7 Å². The summed E-state index contributed by atoms with van der Waals surface area (Å²) in [5.41, 5.74) is 2.00. The van der Waals surface area contributed by atoms with Gasteiger partial charge < -0.3 is 4.90 Å². The quantitative estimate of drug-likeness (QED) is 0.613. The van der Waals surface area contributed by atoms with E-state index in [1.165, 1.54) is 4.90 Å². The molecule has 2 aliphatic rings.